The van der Waals surface area contributed by atoms with Crippen LogP contribution in [0.25, 0.3) is 0 Å². The highest BCUT2D eigenvalue weighted by molar-refractivity contribution is 5.91. The van der Waals surface area contributed by atoms with Crippen LogP contribution in [0.1, 0.15) is 42.3 Å². The molecule has 1 amide bonds. The number of ether oxygens (including phenoxy) is 1. The third kappa shape index (κ3) is 5.10. The number of primary amides is 1. The molecule has 0 radical (unpaired) electrons. The Morgan fingerprint density at radius 3 is 2.23 bits per heavy atom. The summed E-state index contributed by atoms with van der Waals surface area (Å²) in [6.45, 7) is 2.67. The number of methoxy groups -OCH3 is 1. The van der Waals surface area contributed by atoms with Crippen LogP contribution in [0.15, 0.2) is 85.2 Å². The van der Waals surface area contributed by atoms with E-state index in [1.54, 1.807) is 6.08 Å². The van der Waals surface area contributed by atoms with Crippen molar-refractivity contribution in [1.29, 1.82) is 0 Å². The Labute approximate surface area is 217 Å². The minimum atomic E-state index is -0.877. The van der Waals surface area contributed by atoms with E-state index in [-0.39, 0.29) is 40.8 Å². The van der Waals surface area contributed by atoms with Crippen LogP contribution in [0.5, 0.6) is 0 Å². The van der Waals surface area contributed by atoms with Gasteiger partial charge in [0.2, 0.25) is 5.91 Å². The summed E-state index contributed by atoms with van der Waals surface area (Å²) >= 11 is 0. The van der Waals surface area contributed by atoms with Gasteiger partial charge in [-0.2, -0.15) is 0 Å². The Morgan fingerprint density at radius 2 is 1.69 bits per heavy atom. The number of esters is 1. The lowest BCUT2D eigenvalue weighted by molar-refractivity contribution is -0.692. The molecule has 1 aromatic heterocycles. The molecule has 7 heteroatoms. The fraction of sp³-hybridized carbons (Fsp3) is 0.321. The molecule has 184 valence electrons. The Balaban J connectivity index is 0.00000342. The Morgan fingerprint density at radius 1 is 1.09 bits per heavy atom. The highest BCUT2D eigenvalue weighted by atomic mass is 79.9. The summed E-state index contributed by atoms with van der Waals surface area (Å²) in [6, 6.07) is 20.2. The number of imidazole rings is 1. The molecule has 6 nitrogen and oxygen atoms in total. The number of halogens is 1. The van der Waals surface area contributed by atoms with Crippen molar-refractivity contribution < 1.29 is 35.9 Å². The molecule has 0 spiro atoms. The van der Waals surface area contributed by atoms with Gasteiger partial charge >= 0.3 is 5.97 Å². The van der Waals surface area contributed by atoms with Gasteiger partial charge in [0.05, 0.1) is 7.11 Å². The van der Waals surface area contributed by atoms with Gasteiger partial charge in [0.25, 0.3) is 5.82 Å². The molecule has 4 rings (SSSR count). The summed E-state index contributed by atoms with van der Waals surface area (Å²) in [6.07, 6.45) is 10.1. The molecule has 0 aliphatic heterocycles. The van der Waals surface area contributed by atoms with Crippen LogP contribution in [-0.2, 0) is 26.3 Å². The molecule has 0 bridgehead atoms. The molecule has 1 fully saturated rings. The first kappa shape index (κ1) is 26.4. The molecule has 1 saturated carbocycles. The molecule has 0 saturated heterocycles. The number of carbonyl (C=O) groups excluding carboxylic acids is 2. The van der Waals surface area contributed by atoms with E-state index < -0.39 is 5.41 Å². The maximum absolute atomic E-state index is 13.3. The van der Waals surface area contributed by atoms with Crippen LogP contribution in [0, 0.1) is 12.8 Å². The Hall–Kier alpha value is -3.19. The molecule has 2 atom stereocenters. The number of hydrogen-bond acceptors (Lipinski definition) is 3. The molecule has 2 unspecified atom stereocenters. The monoisotopic (exact) mass is 537 g/mol. The number of carbonyl (C=O) groups is 2. The molecule has 1 aliphatic rings. The fourth-order valence-corrected chi connectivity index (χ4v) is 5.56. The van der Waals surface area contributed by atoms with Crippen molar-refractivity contribution in [1.82, 2.24) is 4.57 Å². The highest BCUT2D eigenvalue weighted by Gasteiger charge is 2.51. The number of rotatable bonds is 8. The smallest absolute Gasteiger partial charge is 0.330 e. The number of benzene rings is 2. The first-order valence-electron chi connectivity index (χ1n) is 11.7. The maximum Gasteiger partial charge on any atom is 0.330 e. The first-order valence-corrected chi connectivity index (χ1v) is 11.7. The van der Waals surface area contributed by atoms with Crippen LogP contribution >= 0.6 is 0 Å². The lowest BCUT2D eigenvalue weighted by atomic mass is 9.64. The van der Waals surface area contributed by atoms with Crippen molar-refractivity contribution in [2.75, 3.05) is 7.11 Å². The molecular weight excluding hydrogens is 506 g/mol. The van der Waals surface area contributed by atoms with Gasteiger partial charge in [-0.15, -0.1) is 0 Å². The molecule has 1 heterocycles. The summed E-state index contributed by atoms with van der Waals surface area (Å²) in [5.74, 6) is 0.516. The van der Waals surface area contributed by atoms with E-state index in [0.29, 0.717) is 6.54 Å². The minimum Gasteiger partial charge on any atom is -1.00 e. The zero-order chi connectivity index (χ0) is 24.1. The number of allylic oxidation sites excluding steroid dienone is 1. The highest BCUT2D eigenvalue weighted by Crippen LogP contribution is 2.49. The van der Waals surface area contributed by atoms with E-state index in [0.717, 1.165) is 36.2 Å². The maximum atomic E-state index is 13.3. The van der Waals surface area contributed by atoms with Crippen molar-refractivity contribution in [3.8, 4) is 0 Å². The zero-order valence-corrected chi connectivity index (χ0v) is 21.7. The van der Waals surface area contributed by atoms with Crippen molar-refractivity contribution >= 4 is 11.9 Å². The Kier molecular flexibility index (Phi) is 8.67. The quantitative estimate of drug-likeness (QED) is 0.260. The Bertz CT molecular complexity index is 1140. The number of nitrogens with two attached hydrogens (primary N) is 1. The SMILES string of the molecule is COC(=O)C=CC[n+]1ccn(C2CCC(C(C(N)=O)(c3ccccc3)c3ccccc3)C2)c1C.[Br-]. The molecule has 2 aromatic carbocycles. The van der Waals surface area contributed by atoms with Gasteiger partial charge in [-0.05, 0) is 42.4 Å². The van der Waals surface area contributed by atoms with Gasteiger partial charge in [0.1, 0.15) is 30.4 Å². The molecular formula is C28H32BrN3O3. The normalized spacial score (nSPS) is 17.8. The summed E-state index contributed by atoms with van der Waals surface area (Å²) < 4.78 is 9.05. The topological polar surface area (TPSA) is 78.2 Å². The molecule has 35 heavy (non-hydrogen) atoms. The lowest BCUT2D eigenvalue weighted by Gasteiger charge is -2.37. The van der Waals surface area contributed by atoms with E-state index in [2.05, 4.69) is 27.0 Å². The zero-order valence-electron chi connectivity index (χ0n) is 20.1. The van der Waals surface area contributed by atoms with Crippen LogP contribution in [-0.4, -0.2) is 23.6 Å². The average Bonchev–Trinajstić information content (AvgIpc) is 3.48. The van der Waals surface area contributed by atoms with Gasteiger partial charge in [-0.25, -0.2) is 13.9 Å². The standard InChI is InChI=1S/C28H31N3O3.BrH/c1-21-30(17-9-14-26(32)34-2)18-19-31(21)25-16-15-24(20-25)28(27(29)33,22-10-5-3-6-11-22)23-12-7-4-8-13-23;/h3-14,18-19,24-25H,15-17,20H2,1-2H3,(H-,29,33);1H. The summed E-state index contributed by atoms with van der Waals surface area (Å²) in [4.78, 5) is 24.6. The first-order chi connectivity index (χ1) is 16.5. The van der Waals surface area contributed by atoms with E-state index in [9.17, 15) is 9.59 Å². The van der Waals surface area contributed by atoms with Crippen LogP contribution in [0.3, 0.4) is 0 Å². The number of amides is 1. The van der Waals surface area contributed by atoms with Gasteiger partial charge < -0.3 is 27.5 Å². The van der Waals surface area contributed by atoms with Gasteiger partial charge in [0, 0.05) is 13.0 Å². The fourth-order valence-electron chi connectivity index (χ4n) is 5.56. The van der Waals surface area contributed by atoms with Gasteiger partial charge in [0.15, 0.2) is 0 Å². The van der Waals surface area contributed by atoms with Crippen molar-refractivity contribution in [2.24, 2.45) is 11.7 Å². The van der Waals surface area contributed by atoms with Crippen molar-refractivity contribution in [3.63, 3.8) is 0 Å². The van der Waals surface area contributed by atoms with Gasteiger partial charge in [-0.1, -0.05) is 60.7 Å². The third-order valence-electron chi connectivity index (χ3n) is 7.21. The lowest BCUT2D eigenvalue weighted by Crippen LogP contribution is -3.00. The second-order valence-corrected chi connectivity index (χ2v) is 8.90. The summed E-state index contributed by atoms with van der Waals surface area (Å²) in [5.41, 5.74) is 7.25. The van der Waals surface area contributed by atoms with Crippen LogP contribution in [0.4, 0.5) is 0 Å². The molecule has 3 aromatic rings. The molecule has 2 N–H and O–H groups in total. The largest absolute Gasteiger partial charge is 1.00 e. The predicted molar refractivity (Wildman–Crippen MR) is 130 cm³/mol. The van der Waals surface area contributed by atoms with E-state index in [1.807, 2.05) is 66.9 Å². The van der Waals surface area contributed by atoms with Crippen LogP contribution in [0.2, 0.25) is 0 Å². The number of aromatic nitrogens is 2. The minimum absolute atomic E-state index is 0. The predicted octanol–water partition coefficient (Wildman–Crippen LogP) is 0.630. The van der Waals surface area contributed by atoms with Crippen molar-refractivity contribution in [3.05, 3.63) is 102 Å². The third-order valence-corrected chi connectivity index (χ3v) is 7.21. The van der Waals surface area contributed by atoms with E-state index >= 15 is 0 Å². The van der Waals surface area contributed by atoms with Crippen molar-refractivity contribution in [2.45, 2.75) is 44.2 Å². The number of hydrogen-bond donors (Lipinski definition) is 1. The second kappa shape index (κ2) is 11.5. The van der Waals surface area contributed by atoms with E-state index in [4.69, 9.17) is 5.73 Å². The summed E-state index contributed by atoms with van der Waals surface area (Å²) in [7, 11) is 1.37. The molecule has 1 aliphatic carbocycles. The van der Waals surface area contributed by atoms with Gasteiger partial charge in [-0.3, -0.25) is 4.79 Å². The van der Waals surface area contributed by atoms with Crippen LogP contribution < -0.4 is 27.3 Å². The average molecular weight is 538 g/mol. The number of nitrogens with zero attached hydrogens (tertiary/aromatic N) is 2. The summed E-state index contributed by atoms with van der Waals surface area (Å²) in [5, 5.41) is 0. The second-order valence-electron chi connectivity index (χ2n) is 8.90. The van der Waals surface area contributed by atoms with E-state index in [1.165, 1.54) is 13.2 Å².